The number of aryl methyl sites for hydroxylation is 1. The summed E-state index contributed by atoms with van der Waals surface area (Å²) in [4.78, 5) is 30.7. The molecule has 0 aliphatic carbocycles. The molecule has 1 aromatic heterocycles. The molecule has 2 aromatic rings. The zero-order chi connectivity index (χ0) is 12.0. The summed E-state index contributed by atoms with van der Waals surface area (Å²) in [6.07, 6.45) is 0. The van der Waals surface area contributed by atoms with E-state index in [1.807, 2.05) is 6.07 Å². The molecule has 0 fully saturated rings. The molecule has 0 saturated carbocycles. The van der Waals surface area contributed by atoms with Crippen LogP contribution in [0.2, 0.25) is 0 Å². The third-order valence-corrected chi connectivity index (χ3v) is 3.65. The van der Waals surface area contributed by atoms with Gasteiger partial charge in [-0.05, 0) is 19.1 Å². The summed E-state index contributed by atoms with van der Waals surface area (Å²) < 4.78 is 0. The summed E-state index contributed by atoms with van der Waals surface area (Å²) in [5, 5.41) is 2.78. The maximum atomic E-state index is 11.5. The Kier molecular flexibility index (Phi) is 2.19. The van der Waals surface area contributed by atoms with Crippen molar-refractivity contribution in [1.82, 2.24) is 9.97 Å². The number of nitrogens with zero attached hydrogens (tertiary/aromatic N) is 1. The summed E-state index contributed by atoms with van der Waals surface area (Å²) in [5.74, 6) is 0.394. The number of H-pyrrole nitrogens is 1. The molecule has 0 spiro atoms. The van der Waals surface area contributed by atoms with Crippen LogP contribution in [0.1, 0.15) is 5.69 Å². The number of aromatic nitrogens is 2. The van der Waals surface area contributed by atoms with E-state index in [9.17, 15) is 9.59 Å². The average Bonchev–Trinajstić information content (AvgIpc) is 2.28. The Balaban J connectivity index is 2.28. The third-order valence-electron chi connectivity index (χ3n) is 2.60. The number of fused-ring (bicyclic) bond motifs is 2. The van der Waals surface area contributed by atoms with E-state index in [4.69, 9.17) is 0 Å². The van der Waals surface area contributed by atoms with Crippen molar-refractivity contribution in [3.05, 3.63) is 28.2 Å². The normalized spacial score (nSPS) is 14.5. The zero-order valence-electron chi connectivity index (χ0n) is 9.03. The van der Waals surface area contributed by atoms with Gasteiger partial charge in [0.1, 0.15) is 5.69 Å². The summed E-state index contributed by atoms with van der Waals surface area (Å²) in [6.45, 7) is 1.67. The highest BCUT2D eigenvalue weighted by Gasteiger charge is 2.16. The first-order chi connectivity index (χ1) is 8.13. The largest absolute Gasteiger partial charge is 0.324 e. The van der Waals surface area contributed by atoms with Crippen LogP contribution in [0.5, 0.6) is 0 Å². The number of rotatable bonds is 0. The summed E-state index contributed by atoms with van der Waals surface area (Å²) in [5.41, 5.74) is 2.36. The van der Waals surface area contributed by atoms with Gasteiger partial charge in [-0.3, -0.25) is 9.59 Å². The lowest BCUT2D eigenvalue weighted by molar-refractivity contribution is -0.113. The fraction of sp³-hybridized carbons (Fsp3) is 0.182. The molecule has 86 valence electrons. The third kappa shape index (κ3) is 1.70. The summed E-state index contributed by atoms with van der Waals surface area (Å²) >= 11 is 1.48. The fourth-order valence-corrected chi connectivity index (χ4v) is 2.57. The SMILES string of the molecule is Cc1nc2cc3c(cc2[nH]c1=O)NC(=O)CS3. The van der Waals surface area contributed by atoms with E-state index in [0.717, 1.165) is 16.1 Å². The van der Waals surface area contributed by atoms with Crippen LogP contribution in [0.3, 0.4) is 0 Å². The minimum atomic E-state index is -0.202. The minimum Gasteiger partial charge on any atom is -0.324 e. The van der Waals surface area contributed by atoms with Crippen molar-refractivity contribution in [3.63, 3.8) is 0 Å². The van der Waals surface area contributed by atoms with Crippen LogP contribution in [-0.2, 0) is 4.79 Å². The van der Waals surface area contributed by atoms with Gasteiger partial charge in [0.2, 0.25) is 5.91 Å². The number of carbonyl (C=O) groups excluding carboxylic acids is 1. The number of anilines is 1. The Bertz CT molecular complexity index is 693. The van der Waals surface area contributed by atoms with Gasteiger partial charge >= 0.3 is 0 Å². The lowest BCUT2D eigenvalue weighted by atomic mass is 10.2. The van der Waals surface area contributed by atoms with Crippen LogP contribution < -0.4 is 10.9 Å². The van der Waals surface area contributed by atoms with Gasteiger partial charge in [-0.1, -0.05) is 0 Å². The van der Waals surface area contributed by atoms with Crippen molar-refractivity contribution in [2.75, 3.05) is 11.1 Å². The Morgan fingerprint density at radius 2 is 2.18 bits per heavy atom. The molecule has 0 unspecified atom stereocenters. The number of thioether (sulfide) groups is 1. The molecule has 0 saturated heterocycles. The Hall–Kier alpha value is -1.82. The molecule has 0 radical (unpaired) electrons. The van der Waals surface area contributed by atoms with Crippen molar-refractivity contribution in [2.45, 2.75) is 11.8 Å². The molecule has 1 aliphatic rings. The molecule has 1 aromatic carbocycles. The Labute approximate surface area is 101 Å². The van der Waals surface area contributed by atoms with E-state index in [0.29, 0.717) is 17.0 Å². The van der Waals surface area contributed by atoms with E-state index in [1.165, 1.54) is 11.8 Å². The molecule has 3 rings (SSSR count). The van der Waals surface area contributed by atoms with Crippen molar-refractivity contribution in [3.8, 4) is 0 Å². The zero-order valence-corrected chi connectivity index (χ0v) is 9.85. The van der Waals surface area contributed by atoms with E-state index in [1.54, 1.807) is 13.0 Å². The van der Waals surface area contributed by atoms with Gasteiger partial charge in [0.25, 0.3) is 5.56 Å². The molecule has 6 heteroatoms. The standard InChI is InChI=1S/C11H9N3O2S/c1-5-11(16)14-6-2-8-9(3-7(6)12-5)17-4-10(15)13-8/h2-3H,4H2,1H3,(H,13,15)(H,14,16). The number of carbonyl (C=O) groups is 1. The van der Waals surface area contributed by atoms with E-state index in [2.05, 4.69) is 15.3 Å². The molecule has 5 nitrogen and oxygen atoms in total. The smallest absolute Gasteiger partial charge is 0.269 e. The number of benzene rings is 1. The highest BCUT2D eigenvalue weighted by Crippen LogP contribution is 2.33. The Morgan fingerprint density at radius 1 is 1.35 bits per heavy atom. The van der Waals surface area contributed by atoms with Crippen molar-refractivity contribution >= 4 is 34.4 Å². The van der Waals surface area contributed by atoms with Crippen LogP contribution in [0.4, 0.5) is 5.69 Å². The maximum absolute atomic E-state index is 11.5. The molecule has 0 bridgehead atoms. The lowest BCUT2D eigenvalue weighted by Crippen LogP contribution is -2.19. The van der Waals surface area contributed by atoms with Crippen LogP contribution in [0.15, 0.2) is 21.8 Å². The Morgan fingerprint density at radius 3 is 3.00 bits per heavy atom. The number of aromatic amines is 1. The van der Waals surface area contributed by atoms with Gasteiger partial charge in [0, 0.05) is 4.90 Å². The molecule has 1 aliphatic heterocycles. The van der Waals surface area contributed by atoms with Crippen LogP contribution in [-0.4, -0.2) is 21.6 Å². The first kappa shape index (κ1) is 10.3. The lowest BCUT2D eigenvalue weighted by Gasteiger charge is -2.16. The summed E-state index contributed by atoms with van der Waals surface area (Å²) in [6, 6.07) is 3.64. The molecule has 0 atom stereocenters. The molecule has 2 heterocycles. The van der Waals surface area contributed by atoms with Gasteiger partial charge in [0.05, 0.1) is 22.5 Å². The number of nitrogens with one attached hydrogen (secondary N) is 2. The van der Waals surface area contributed by atoms with Crippen LogP contribution >= 0.6 is 11.8 Å². The second kappa shape index (κ2) is 3.59. The predicted octanol–water partition coefficient (Wildman–Crippen LogP) is 1.28. The van der Waals surface area contributed by atoms with Crippen LogP contribution in [0, 0.1) is 6.92 Å². The van der Waals surface area contributed by atoms with E-state index in [-0.39, 0.29) is 11.5 Å². The van der Waals surface area contributed by atoms with Gasteiger partial charge in [-0.15, -0.1) is 11.8 Å². The highest BCUT2D eigenvalue weighted by atomic mass is 32.2. The minimum absolute atomic E-state index is 0.0238. The van der Waals surface area contributed by atoms with Crippen molar-refractivity contribution < 1.29 is 4.79 Å². The molecular weight excluding hydrogens is 238 g/mol. The van der Waals surface area contributed by atoms with Gasteiger partial charge in [0.15, 0.2) is 0 Å². The van der Waals surface area contributed by atoms with Crippen LogP contribution in [0.25, 0.3) is 11.0 Å². The number of amides is 1. The van der Waals surface area contributed by atoms with Gasteiger partial charge < -0.3 is 10.3 Å². The average molecular weight is 247 g/mol. The van der Waals surface area contributed by atoms with E-state index < -0.39 is 0 Å². The van der Waals surface area contributed by atoms with Crippen molar-refractivity contribution in [2.24, 2.45) is 0 Å². The maximum Gasteiger partial charge on any atom is 0.269 e. The second-order valence-corrected chi connectivity index (χ2v) is 4.87. The summed E-state index contributed by atoms with van der Waals surface area (Å²) in [7, 11) is 0. The monoisotopic (exact) mass is 247 g/mol. The first-order valence-electron chi connectivity index (χ1n) is 5.11. The molecule has 17 heavy (non-hydrogen) atoms. The number of hydrogen-bond donors (Lipinski definition) is 2. The van der Waals surface area contributed by atoms with Gasteiger partial charge in [-0.25, -0.2) is 4.98 Å². The fourth-order valence-electron chi connectivity index (χ4n) is 1.75. The first-order valence-corrected chi connectivity index (χ1v) is 6.09. The number of hydrogen-bond acceptors (Lipinski definition) is 4. The van der Waals surface area contributed by atoms with Gasteiger partial charge in [-0.2, -0.15) is 0 Å². The predicted molar refractivity (Wildman–Crippen MR) is 66.5 cm³/mol. The quantitative estimate of drug-likeness (QED) is 0.735. The molecular formula is C11H9N3O2S. The second-order valence-electron chi connectivity index (χ2n) is 3.85. The topological polar surface area (TPSA) is 74.8 Å². The molecule has 1 amide bonds. The highest BCUT2D eigenvalue weighted by molar-refractivity contribution is 8.00. The van der Waals surface area contributed by atoms with E-state index >= 15 is 0 Å². The molecule has 2 N–H and O–H groups in total. The van der Waals surface area contributed by atoms with Crippen molar-refractivity contribution in [1.29, 1.82) is 0 Å².